The van der Waals surface area contributed by atoms with Gasteiger partial charge in [0.2, 0.25) is 0 Å². The lowest BCUT2D eigenvalue weighted by molar-refractivity contribution is -0.134. The summed E-state index contributed by atoms with van der Waals surface area (Å²) >= 11 is 0. The predicted molar refractivity (Wildman–Crippen MR) is 132 cm³/mol. The van der Waals surface area contributed by atoms with Crippen LogP contribution in [0.5, 0.6) is 23.0 Å². The first-order chi connectivity index (χ1) is 17.1. The van der Waals surface area contributed by atoms with E-state index in [0.717, 1.165) is 39.8 Å². The minimum atomic E-state index is -0.0641. The molecule has 1 amide bonds. The molecule has 0 saturated heterocycles. The molecule has 180 valence electrons. The van der Waals surface area contributed by atoms with Crippen molar-refractivity contribution in [2.24, 2.45) is 0 Å². The van der Waals surface area contributed by atoms with Crippen LogP contribution in [0.2, 0.25) is 0 Å². The lowest BCUT2D eigenvalue weighted by atomic mass is 9.99. The fourth-order valence-corrected chi connectivity index (χ4v) is 4.44. The van der Waals surface area contributed by atoms with E-state index in [1.165, 1.54) is 5.56 Å². The second-order valence-electron chi connectivity index (χ2n) is 8.37. The molecule has 0 aliphatic carbocycles. The summed E-state index contributed by atoms with van der Waals surface area (Å²) in [7, 11) is 4.88. The fraction of sp³-hybridized carbons (Fsp3) is 0.250. The van der Waals surface area contributed by atoms with Crippen molar-refractivity contribution in [1.29, 1.82) is 0 Å². The van der Waals surface area contributed by atoms with Crippen LogP contribution in [0.15, 0.2) is 65.3 Å². The van der Waals surface area contributed by atoms with Crippen LogP contribution in [0.4, 0.5) is 0 Å². The predicted octanol–water partition coefficient (Wildman–Crippen LogP) is 5.09. The molecule has 0 bridgehead atoms. The molecule has 35 heavy (non-hydrogen) atoms. The number of hydrogen-bond acceptors (Lipinski definition) is 6. The Morgan fingerprint density at radius 3 is 2.49 bits per heavy atom. The average molecular weight is 474 g/mol. The molecule has 1 aliphatic heterocycles. The molecule has 0 spiro atoms. The number of nitrogens with zero attached hydrogens (tertiary/aromatic N) is 1. The van der Waals surface area contributed by atoms with Crippen molar-refractivity contribution in [2.75, 3.05) is 34.5 Å². The number of furan rings is 1. The van der Waals surface area contributed by atoms with Crippen LogP contribution in [0.1, 0.15) is 11.1 Å². The van der Waals surface area contributed by atoms with Crippen LogP contribution in [-0.4, -0.2) is 45.3 Å². The number of carbonyl (C=O) groups is 1. The zero-order valence-electron chi connectivity index (χ0n) is 20.0. The van der Waals surface area contributed by atoms with Crippen LogP contribution >= 0.6 is 0 Å². The molecular weight excluding hydrogens is 446 g/mol. The third kappa shape index (κ3) is 4.49. The third-order valence-electron chi connectivity index (χ3n) is 6.36. The van der Waals surface area contributed by atoms with Crippen LogP contribution in [0.3, 0.4) is 0 Å². The Labute approximate surface area is 203 Å². The Morgan fingerprint density at radius 2 is 1.71 bits per heavy atom. The Hall–Kier alpha value is -4.13. The van der Waals surface area contributed by atoms with Crippen molar-refractivity contribution in [3.63, 3.8) is 0 Å². The van der Waals surface area contributed by atoms with Gasteiger partial charge in [0.05, 0.1) is 27.6 Å². The van der Waals surface area contributed by atoms with Gasteiger partial charge in [0, 0.05) is 24.0 Å². The number of hydrogen-bond donors (Lipinski definition) is 0. The maximum atomic E-state index is 12.9. The monoisotopic (exact) mass is 473 g/mol. The highest BCUT2D eigenvalue weighted by atomic mass is 16.5. The van der Waals surface area contributed by atoms with E-state index in [2.05, 4.69) is 0 Å². The molecule has 1 aromatic heterocycles. The Morgan fingerprint density at radius 1 is 0.914 bits per heavy atom. The standard InChI is InChI=1S/C28H27NO6/c1-31-21-6-4-5-19(11-21)24-16-35-25-8-7-22(14-23(24)25)34-17-28(30)29-10-9-18-12-26(32-2)27(33-3)13-20(18)15-29/h4-8,11-14,16H,9-10,15,17H2,1-3H3. The van der Waals surface area contributed by atoms with Crippen LogP contribution in [-0.2, 0) is 17.8 Å². The van der Waals surface area contributed by atoms with E-state index in [4.69, 9.17) is 23.4 Å². The summed E-state index contributed by atoms with van der Waals surface area (Å²) in [5.74, 6) is 2.69. The highest BCUT2D eigenvalue weighted by Gasteiger charge is 2.23. The average Bonchev–Trinajstić information content (AvgIpc) is 3.33. The summed E-state index contributed by atoms with van der Waals surface area (Å²) in [6.45, 7) is 1.10. The minimum absolute atomic E-state index is 0.0412. The summed E-state index contributed by atoms with van der Waals surface area (Å²) < 4.78 is 27.8. The van der Waals surface area contributed by atoms with Crippen molar-refractivity contribution in [1.82, 2.24) is 4.90 Å². The van der Waals surface area contributed by atoms with Gasteiger partial charge >= 0.3 is 0 Å². The van der Waals surface area contributed by atoms with Crippen LogP contribution in [0, 0.1) is 0 Å². The third-order valence-corrected chi connectivity index (χ3v) is 6.36. The second-order valence-corrected chi connectivity index (χ2v) is 8.37. The van der Waals surface area contributed by atoms with Crippen molar-refractivity contribution in [3.8, 4) is 34.1 Å². The van der Waals surface area contributed by atoms with Gasteiger partial charge in [-0.25, -0.2) is 0 Å². The summed E-state index contributed by atoms with van der Waals surface area (Å²) in [6, 6.07) is 17.3. The topological polar surface area (TPSA) is 70.4 Å². The molecule has 0 atom stereocenters. The Balaban J connectivity index is 1.29. The summed E-state index contributed by atoms with van der Waals surface area (Å²) in [5, 5.41) is 0.913. The van der Waals surface area contributed by atoms with Crippen LogP contribution in [0.25, 0.3) is 22.1 Å². The van der Waals surface area contributed by atoms with Gasteiger partial charge in [-0.3, -0.25) is 4.79 Å². The maximum absolute atomic E-state index is 12.9. The molecule has 5 rings (SSSR count). The first-order valence-corrected chi connectivity index (χ1v) is 11.4. The van der Waals surface area contributed by atoms with E-state index in [1.54, 1.807) is 27.6 Å². The lowest BCUT2D eigenvalue weighted by Crippen LogP contribution is -2.38. The van der Waals surface area contributed by atoms with Gasteiger partial charge in [0.15, 0.2) is 18.1 Å². The van der Waals surface area contributed by atoms with Gasteiger partial charge in [-0.1, -0.05) is 12.1 Å². The van der Waals surface area contributed by atoms with Gasteiger partial charge in [-0.15, -0.1) is 0 Å². The number of ether oxygens (including phenoxy) is 4. The molecule has 4 aromatic rings. The number of carbonyl (C=O) groups excluding carboxylic acids is 1. The molecule has 2 heterocycles. The Bertz CT molecular complexity index is 1380. The molecule has 0 fully saturated rings. The molecule has 1 aliphatic rings. The SMILES string of the molecule is COc1cccc(-c2coc3ccc(OCC(=O)N4CCc5cc(OC)c(OC)cc5C4)cc23)c1. The van der Waals surface area contributed by atoms with Gasteiger partial charge in [-0.2, -0.15) is 0 Å². The smallest absolute Gasteiger partial charge is 0.260 e. The molecule has 0 radical (unpaired) electrons. The molecular formula is C28H27NO6. The van der Waals surface area contributed by atoms with E-state index in [0.29, 0.717) is 30.3 Å². The summed E-state index contributed by atoms with van der Waals surface area (Å²) in [5.41, 5.74) is 4.90. The Kier molecular flexibility index (Phi) is 6.23. The first kappa shape index (κ1) is 22.7. The molecule has 0 saturated carbocycles. The summed E-state index contributed by atoms with van der Waals surface area (Å²) in [4.78, 5) is 14.8. The highest BCUT2D eigenvalue weighted by molar-refractivity contribution is 5.95. The van der Waals surface area contributed by atoms with Crippen molar-refractivity contribution < 1.29 is 28.2 Å². The van der Waals surface area contributed by atoms with E-state index in [9.17, 15) is 4.79 Å². The van der Waals surface area contributed by atoms with Gasteiger partial charge in [0.1, 0.15) is 17.1 Å². The van der Waals surface area contributed by atoms with E-state index >= 15 is 0 Å². The quantitative estimate of drug-likeness (QED) is 0.372. The largest absolute Gasteiger partial charge is 0.497 e. The number of rotatable bonds is 7. The highest BCUT2D eigenvalue weighted by Crippen LogP contribution is 2.35. The molecule has 0 N–H and O–H groups in total. The number of methoxy groups -OCH3 is 3. The zero-order chi connectivity index (χ0) is 24.4. The molecule has 0 unspecified atom stereocenters. The maximum Gasteiger partial charge on any atom is 0.260 e. The second kappa shape index (κ2) is 9.62. The van der Waals surface area contributed by atoms with Crippen molar-refractivity contribution in [2.45, 2.75) is 13.0 Å². The number of fused-ring (bicyclic) bond motifs is 2. The first-order valence-electron chi connectivity index (χ1n) is 11.4. The van der Waals surface area contributed by atoms with Gasteiger partial charge in [-0.05, 0) is 65.6 Å². The number of amides is 1. The van der Waals surface area contributed by atoms with E-state index < -0.39 is 0 Å². The number of benzene rings is 3. The molecule has 7 heteroatoms. The van der Waals surface area contributed by atoms with Gasteiger partial charge in [0.25, 0.3) is 5.91 Å². The minimum Gasteiger partial charge on any atom is -0.497 e. The molecule has 7 nitrogen and oxygen atoms in total. The van der Waals surface area contributed by atoms with Crippen molar-refractivity contribution in [3.05, 3.63) is 72.0 Å². The van der Waals surface area contributed by atoms with E-state index in [-0.39, 0.29) is 12.5 Å². The summed E-state index contributed by atoms with van der Waals surface area (Å²) in [6.07, 6.45) is 2.48. The van der Waals surface area contributed by atoms with E-state index in [1.807, 2.05) is 59.5 Å². The van der Waals surface area contributed by atoms with Gasteiger partial charge < -0.3 is 28.3 Å². The zero-order valence-corrected chi connectivity index (χ0v) is 20.0. The van der Waals surface area contributed by atoms with Crippen LogP contribution < -0.4 is 18.9 Å². The van der Waals surface area contributed by atoms with Crippen molar-refractivity contribution >= 4 is 16.9 Å². The molecule has 3 aromatic carbocycles. The normalized spacial score (nSPS) is 12.8. The lowest BCUT2D eigenvalue weighted by Gasteiger charge is -2.29. The fourth-order valence-electron chi connectivity index (χ4n) is 4.44.